The second kappa shape index (κ2) is 16.3. The van der Waals surface area contributed by atoms with Crippen molar-refractivity contribution < 1.29 is 52.8 Å². The van der Waals surface area contributed by atoms with Crippen molar-refractivity contribution in [2.45, 2.75) is 199 Å². The number of ether oxygens (including phenoxy) is 5. The highest BCUT2D eigenvalue weighted by Gasteiger charge is 2.64. The Hall–Kier alpha value is -2.69. The molecule has 9 rings (SSSR count). The van der Waals surface area contributed by atoms with E-state index in [1.54, 1.807) is 0 Å². The van der Waals surface area contributed by atoms with Crippen molar-refractivity contribution >= 4 is 29.8 Å². The number of aliphatic carboxylic acids is 1. The molecule has 0 aromatic rings. The Morgan fingerprint density at radius 1 is 0.690 bits per heavy atom. The van der Waals surface area contributed by atoms with Crippen LogP contribution in [0.25, 0.3) is 0 Å². The summed E-state index contributed by atoms with van der Waals surface area (Å²) in [6.45, 7) is 12.4. The van der Waals surface area contributed by atoms with Crippen molar-refractivity contribution in [3.05, 3.63) is 0 Å². The smallest absolute Gasteiger partial charge is 0.332 e. The number of carboxylic acid groups (broad SMARTS) is 1. The molecule has 8 atom stereocenters. The molecule has 0 spiro atoms. The van der Waals surface area contributed by atoms with Crippen LogP contribution in [0.1, 0.15) is 176 Å². The summed E-state index contributed by atoms with van der Waals surface area (Å²) in [7, 11) is 0. The number of rotatable bonds is 18. The molecule has 9 aliphatic rings. The fourth-order valence-electron chi connectivity index (χ4n) is 14.3. The van der Waals surface area contributed by atoms with Gasteiger partial charge in [-0.1, -0.05) is 47.0 Å². The molecule has 58 heavy (non-hydrogen) atoms. The number of esters is 4. The third-order valence-corrected chi connectivity index (χ3v) is 15.9. The molecule has 0 radical (unpaired) electrons. The molecule has 8 unspecified atom stereocenters. The lowest BCUT2D eigenvalue weighted by atomic mass is 9.52. The third-order valence-electron chi connectivity index (χ3n) is 15.9. The second-order valence-corrected chi connectivity index (χ2v) is 21.8. The lowest BCUT2D eigenvalue weighted by Gasteiger charge is -2.61. The minimum absolute atomic E-state index is 0.0895. The van der Waals surface area contributed by atoms with Crippen LogP contribution in [0.4, 0.5) is 0 Å². The number of hydrogen-bond acceptors (Lipinski definition) is 10. The van der Waals surface area contributed by atoms with Crippen LogP contribution < -0.4 is 0 Å². The lowest BCUT2D eigenvalue weighted by molar-refractivity contribution is -0.242. The first-order chi connectivity index (χ1) is 27.3. The van der Waals surface area contributed by atoms with E-state index in [0.29, 0.717) is 57.0 Å². The predicted octanol–water partition coefficient (Wildman–Crippen LogP) is 8.91. The molecule has 326 valence electrons. The lowest BCUT2D eigenvalue weighted by Crippen LogP contribution is -2.63. The quantitative estimate of drug-likeness (QED) is 0.0803. The van der Waals surface area contributed by atoms with E-state index in [0.717, 1.165) is 89.9 Å². The fourth-order valence-corrected chi connectivity index (χ4v) is 14.3. The number of carboxylic acids is 1. The van der Waals surface area contributed by atoms with Gasteiger partial charge < -0.3 is 28.8 Å². The zero-order valence-electron chi connectivity index (χ0n) is 36.3. The zero-order valence-corrected chi connectivity index (χ0v) is 36.3. The SMILES string of the molecule is CCCCOC(=O)COC12CC3CC(C1)CC(OC(=O)C(C)(CC)CC(C)(CC(C)C)C(=O)OC14CC5CC(CC(OC(=O)C6CCCCC6C(=O)O)(C5)C1)C4)(C3)C2. The van der Waals surface area contributed by atoms with E-state index in [9.17, 15) is 29.1 Å². The molecule has 0 heterocycles. The van der Waals surface area contributed by atoms with Crippen molar-refractivity contribution in [2.24, 2.45) is 52.3 Å². The minimum atomic E-state index is -0.980. The summed E-state index contributed by atoms with van der Waals surface area (Å²) in [5.74, 6) is -2.23. The maximum atomic E-state index is 14.9. The van der Waals surface area contributed by atoms with Gasteiger partial charge in [0.05, 0.1) is 34.9 Å². The van der Waals surface area contributed by atoms with Crippen molar-refractivity contribution in [1.82, 2.24) is 0 Å². The van der Waals surface area contributed by atoms with Crippen LogP contribution in [-0.2, 0) is 47.7 Å². The van der Waals surface area contributed by atoms with E-state index in [-0.39, 0.29) is 48.7 Å². The molecule has 0 aromatic carbocycles. The Bertz CT molecular complexity index is 1560. The number of unbranched alkanes of at least 4 members (excludes halogenated alkanes) is 1. The third kappa shape index (κ3) is 8.86. The maximum absolute atomic E-state index is 14.9. The van der Waals surface area contributed by atoms with Crippen LogP contribution in [0.2, 0.25) is 0 Å². The van der Waals surface area contributed by atoms with Crippen molar-refractivity contribution in [2.75, 3.05) is 13.2 Å². The van der Waals surface area contributed by atoms with Gasteiger partial charge >= 0.3 is 29.8 Å². The molecule has 0 amide bonds. The van der Waals surface area contributed by atoms with Gasteiger partial charge in [0.2, 0.25) is 0 Å². The van der Waals surface area contributed by atoms with E-state index in [2.05, 4.69) is 20.8 Å². The second-order valence-electron chi connectivity index (χ2n) is 21.8. The maximum Gasteiger partial charge on any atom is 0.332 e. The summed E-state index contributed by atoms with van der Waals surface area (Å²) >= 11 is 0. The van der Waals surface area contributed by atoms with Crippen LogP contribution in [-0.4, -0.2) is 70.6 Å². The van der Waals surface area contributed by atoms with Gasteiger partial charge in [-0.05, 0) is 146 Å². The number of hydrogen-bond donors (Lipinski definition) is 1. The van der Waals surface area contributed by atoms with Gasteiger partial charge in [-0.3, -0.25) is 19.2 Å². The summed E-state index contributed by atoms with van der Waals surface area (Å²) in [6, 6.07) is 0. The Labute approximate surface area is 346 Å². The molecule has 0 aliphatic heterocycles. The molecule has 0 saturated heterocycles. The molecular formula is C47H72O11. The van der Waals surface area contributed by atoms with Gasteiger partial charge in [0, 0.05) is 12.8 Å². The van der Waals surface area contributed by atoms with Crippen LogP contribution in [0.15, 0.2) is 0 Å². The number of carbonyl (C=O) groups is 5. The topological polar surface area (TPSA) is 152 Å². The standard InChI is InChI=1S/C47H72O11/c1-7-9-14-54-37(48)26-55-44-18-31-15-32(19-44)23-46(22-31,28-44)57-40(52)42(5,8-2)27-43(6,17-30(3)4)41(53)58-47-24-33-16-34(25-47)21-45(20-33,29-47)56-39(51)36-13-11-10-12-35(36)38(49)50/h30-36H,7-29H2,1-6H3,(H,49,50). The van der Waals surface area contributed by atoms with Crippen LogP contribution in [0.5, 0.6) is 0 Å². The van der Waals surface area contributed by atoms with Gasteiger partial charge in [-0.2, -0.15) is 0 Å². The molecular weight excluding hydrogens is 741 g/mol. The molecule has 11 nitrogen and oxygen atoms in total. The van der Waals surface area contributed by atoms with Crippen LogP contribution >= 0.6 is 0 Å². The Balaban J connectivity index is 1.05. The molecule has 9 aliphatic carbocycles. The monoisotopic (exact) mass is 813 g/mol. The van der Waals surface area contributed by atoms with Gasteiger partial charge in [-0.25, -0.2) is 4.79 Å². The van der Waals surface area contributed by atoms with Crippen LogP contribution in [0, 0.1) is 52.3 Å². The summed E-state index contributed by atoms with van der Waals surface area (Å²) in [4.78, 5) is 67.9. The van der Waals surface area contributed by atoms with Gasteiger partial charge in [-0.15, -0.1) is 0 Å². The molecule has 8 bridgehead atoms. The molecule has 9 saturated carbocycles. The molecule has 1 N–H and O–H groups in total. The first-order valence-corrected chi connectivity index (χ1v) is 23.1. The van der Waals surface area contributed by atoms with Crippen molar-refractivity contribution in [3.8, 4) is 0 Å². The van der Waals surface area contributed by atoms with E-state index < -0.39 is 57.0 Å². The largest absolute Gasteiger partial charge is 0.481 e. The van der Waals surface area contributed by atoms with Gasteiger partial charge in [0.15, 0.2) is 0 Å². The summed E-state index contributed by atoms with van der Waals surface area (Å²) in [5.41, 5.74) is -4.63. The normalized spacial score (nSPS) is 39.1. The summed E-state index contributed by atoms with van der Waals surface area (Å²) < 4.78 is 31.8. The van der Waals surface area contributed by atoms with Crippen molar-refractivity contribution in [3.63, 3.8) is 0 Å². The summed E-state index contributed by atoms with van der Waals surface area (Å²) in [6.07, 6.45) is 15.0. The summed E-state index contributed by atoms with van der Waals surface area (Å²) in [5, 5.41) is 9.89. The van der Waals surface area contributed by atoms with E-state index in [1.807, 2.05) is 20.8 Å². The molecule has 0 aromatic heterocycles. The minimum Gasteiger partial charge on any atom is -0.481 e. The van der Waals surface area contributed by atoms with E-state index in [1.165, 1.54) is 0 Å². The van der Waals surface area contributed by atoms with Crippen LogP contribution in [0.3, 0.4) is 0 Å². The predicted molar refractivity (Wildman–Crippen MR) is 214 cm³/mol. The highest BCUT2D eigenvalue weighted by Crippen LogP contribution is 2.63. The zero-order chi connectivity index (χ0) is 41.7. The average Bonchev–Trinajstić information content (AvgIpc) is 3.12. The Morgan fingerprint density at radius 2 is 1.17 bits per heavy atom. The number of carbonyl (C=O) groups excluding carboxylic acids is 4. The molecule has 9 fully saturated rings. The van der Waals surface area contributed by atoms with Gasteiger partial charge in [0.25, 0.3) is 0 Å². The fraction of sp³-hybridized carbons (Fsp3) is 0.894. The van der Waals surface area contributed by atoms with E-state index in [4.69, 9.17) is 23.7 Å². The molecule has 11 heteroatoms. The Morgan fingerprint density at radius 3 is 1.67 bits per heavy atom. The first-order valence-electron chi connectivity index (χ1n) is 23.1. The Kier molecular flexibility index (Phi) is 12.2. The highest BCUT2D eigenvalue weighted by atomic mass is 16.6. The first kappa shape index (κ1) is 43.4. The van der Waals surface area contributed by atoms with E-state index >= 15 is 0 Å². The van der Waals surface area contributed by atoms with Crippen molar-refractivity contribution in [1.29, 1.82) is 0 Å². The average molecular weight is 813 g/mol. The highest BCUT2D eigenvalue weighted by molar-refractivity contribution is 5.82. The van der Waals surface area contributed by atoms with Gasteiger partial charge in [0.1, 0.15) is 23.4 Å².